The van der Waals surface area contributed by atoms with E-state index in [1.165, 1.54) is 12.1 Å². The van der Waals surface area contributed by atoms with Gasteiger partial charge in [-0.1, -0.05) is 17.7 Å². The molecule has 0 saturated carbocycles. The van der Waals surface area contributed by atoms with E-state index in [-0.39, 0.29) is 23.0 Å². The maximum atomic E-state index is 13.0. The number of benzene rings is 1. The lowest BCUT2D eigenvalue weighted by Crippen LogP contribution is -2.20. The van der Waals surface area contributed by atoms with Crippen molar-refractivity contribution in [2.24, 2.45) is 5.73 Å². The Balaban J connectivity index is 0.00000169. The molecule has 0 aliphatic heterocycles. The van der Waals surface area contributed by atoms with Gasteiger partial charge >= 0.3 is 0 Å². The molecular weight excluding hydrogens is 238 g/mol. The van der Waals surface area contributed by atoms with Crippen molar-refractivity contribution in [3.8, 4) is 0 Å². The summed E-state index contributed by atoms with van der Waals surface area (Å²) in [5, 5.41) is -0.0761. The Labute approximate surface area is 90.5 Å². The summed E-state index contributed by atoms with van der Waals surface area (Å²) in [6.07, 6.45) is -2.82. The third-order valence-corrected chi connectivity index (χ3v) is 1.93. The quantitative estimate of drug-likeness (QED) is 0.852. The minimum absolute atomic E-state index is 0. The lowest BCUT2D eigenvalue weighted by molar-refractivity contribution is 0.115. The van der Waals surface area contributed by atoms with Crippen LogP contribution in [-0.2, 0) is 0 Å². The monoisotopic (exact) mass is 245 g/mol. The van der Waals surface area contributed by atoms with Crippen molar-refractivity contribution in [1.82, 2.24) is 0 Å². The zero-order chi connectivity index (χ0) is 10.0. The fourth-order valence-electron chi connectivity index (χ4n) is 0.955. The molecule has 0 aliphatic carbocycles. The molecule has 1 rings (SSSR count). The van der Waals surface area contributed by atoms with E-state index in [1.54, 1.807) is 0 Å². The maximum absolute atomic E-state index is 13.0. The summed E-state index contributed by atoms with van der Waals surface area (Å²) in [5.41, 5.74) is 4.73. The first-order chi connectivity index (χ1) is 6.04. The van der Waals surface area contributed by atoms with E-state index < -0.39 is 18.3 Å². The average Bonchev–Trinajstić information content (AvgIpc) is 2.03. The molecule has 0 bridgehead atoms. The van der Waals surface area contributed by atoms with Gasteiger partial charge in [0.05, 0.1) is 6.04 Å². The predicted octanol–water partition coefficient (Wildman–Crippen LogP) is 3.17. The Kier molecular flexibility index (Phi) is 5.26. The molecule has 1 aromatic rings. The van der Waals surface area contributed by atoms with Gasteiger partial charge in [0.2, 0.25) is 0 Å². The lowest BCUT2D eigenvalue weighted by atomic mass is 10.1. The van der Waals surface area contributed by atoms with Crippen LogP contribution in [-0.4, -0.2) is 6.43 Å². The Morgan fingerprint density at radius 2 is 1.86 bits per heavy atom. The van der Waals surface area contributed by atoms with Gasteiger partial charge in [-0.05, 0) is 12.1 Å². The minimum atomic E-state index is -2.82. The minimum Gasteiger partial charge on any atom is -0.319 e. The largest absolute Gasteiger partial charge is 0.319 e. The van der Waals surface area contributed by atoms with Gasteiger partial charge in [-0.25, -0.2) is 13.2 Å². The number of alkyl halides is 2. The Morgan fingerprint density at radius 1 is 1.29 bits per heavy atom. The van der Waals surface area contributed by atoms with E-state index in [2.05, 4.69) is 0 Å². The summed E-state index contributed by atoms with van der Waals surface area (Å²) >= 11 is 5.52. The van der Waals surface area contributed by atoms with Crippen LogP contribution >= 0.6 is 24.0 Å². The van der Waals surface area contributed by atoms with Crippen LogP contribution in [0.4, 0.5) is 13.2 Å². The van der Waals surface area contributed by atoms with Crippen LogP contribution in [0.3, 0.4) is 0 Å². The molecule has 1 atom stereocenters. The van der Waals surface area contributed by atoms with Gasteiger partial charge in [0, 0.05) is 10.6 Å². The van der Waals surface area contributed by atoms with E-state index >= 15 is 0 Å². The summed E-state index contributed by atoms with van der Waals surface area (Å²) < 4.78 is 37.2. The first kappa shape index (κ1) is 13.5. The maximum Gasteiger partial charge on any atom is 0.257 e. The first-order valence-corrected chi connectivity index (χ1v) is 3.89. The summed E-state index contributed by atoms with van der Waals surface area (Å²) in [4.78, 5) is 0. The van der Waals surface area contributed by atoms with E-state index in [1.807, 2.05) is 0 Å². The molecule has 6 heteroatoms. The molecule has 0 spiro atoms. The van der Waals surface area contributed by atoms with Crippen molar-refractivity contribution >= 4 is 24.0 Å². The highest BCUT2D eigenvalue weighted by Gasteiger charge is 2.23. The molecule has 0 fully saturated rings. The molecule has 0 unspecified atom stereocenters. The molecule has 80 valence electrons. The van der Waals surface area contributed by atoms with Crippen molar-refractivity contribution in [1.29, 1.82) is 0 Å². The summed E-state index contributed by atoms with van der Waals surface area (Å²) in [5.74, 6) is -0.805. The second-order valence-corrected chi connectivity index (χ2v) is 2.90. The Hall–Kier alpha value is -0.450. The molecule has 2 N–H and O–H groups in total. The van der Waals surface area contributed by atoms with Crippen LogP contribution in [0.1, 0.15) is 11.6 Å². The van der Waals surface area contributed by atoms with Crippen LogP contribution in [0.5, 0.6) is 0 Å². The van der Waals surface area contributed by atoms with Gasteiger partial charge in [-0.3, -0.25) is 0 Å². The van der Waals surface area contributed by atoms with Crippen molar-refractivity contribution in [2.45, 2.75) is 12.5 Å². The van der Waals surface area contributed by atoms with E-state index in [4.69, 9.17) is 17.3 Å². The smallest absolute Gasteiger partial charge is 0.257 e. The van der Waals surface area contributed by atoms with Gasteiger partial charge in [-0.15, -0.1) is 12.4 Å². The van der Waals surface area contributed by atoms with Crippen molar-refractivity contribution < 1.29 is 13.2 Å². The Bertz CT molecular complexity index is 286. The van der Waals surface area contributed by atoms with Crippen LogP contribution in [0.25, 0.3) is 0 Å². The van der Waals surface area contributed by atoms with Gasteiger partial charge in [-0.2, -0.15) is 0 Å². The third-order valence-electron chi connectivity index (χ3n) is 1.60. The van der Waals surface area contributed by atoms with Crippen LogP contribution in [0, 0.1) is 5.82 Å². The summed E-state index contributed by atoms with van der Waals surface area (Å²) in [6, 6.07) is 2.03. The highest BCUT2D eigenvalue weighted by molar-refractivity contribution is 6.31. The normalized spacial score (nSPS) is 12.4. The molecule has 0 amide bonds. The van der Waals surface area contributed by atoms with E-state index in [9.17, 15) is 13.2 Å². The molecule has 1 nitrogen and oxygen atoms in total. The highest BCUT2D eigenvalue weighted by Crippen LogP contribution is 2.27. The average molecular weight is 246 g/mol. The number of hydrogen-bond donors (Lipinski definition) is 1. The fourth-order valence-corrected chi connectivity index (χ4v) is 1.24. The molecule has 0 heterocycles. The van der Waals surface area contributed by atoms with Crippen molar-refractivity contribution in [3.05, 3.63) is 34.6 Å². The van der Waals surface area contributed by atoms with Gasteiger partial charge in [0.1, 0.15) is 5.82 Å². The second-order valence-electron chi connectivity index (χ2n) is 2.50. The number of nitrogens with two attached hydrogens (primary N) is 1. The topological polar surface area (TPSA) is 26.0 Å². The molecule has 0 saturated heterocycles. The molecular formula is C8H8Cl2F3N. The molecule has 14 heavy (non-hydrogen) atoms. The lowest BCUT2D eigenvalue weighted by Gasteiger charge is -2.12. The predicted molar refractivity (Wildman–Crippen MR) is 51.6 cm³/mol. The number of rotatable bonds is 2. The molecule has 0 aromatic heterocycles. The van der Waals surface area contributed by atoms with Crippen LogP contribution in [0.15, 0.2) is 18.2 Å². The van der Waals surface area contributed by atoms with Crippen LogP contribution in [0.2, 0.25) is 5.02 Å². The van der Waals surface area contributed by atoms with Gasteiger partial charge in [0.15, 0.2) is 0 Å². The van der Waals surface area contributed by atoms with Gasteiger partial charge in [0.25, 0.3) is 6.43 Å². The Morgan fingerprint density at radius 3 is 2.29 bits per heavy atom. The molecule has 1 aromatic carbocycles. The number of hydrogen-bond acceptors (Lipinski definition) is 1. The molecule has 0 radical (unpaired) electrons. The zero-order valence-electron chi connectivity index (χ0n) is 6.88. The SMILES string of the molecule is Cl.N[C@H](c1c(F)cccc1Cl)C(F)F. The first-order valence-electron chi connectivity index (χ1n) is 3.51. The zero-order valence-corrected chi connectivity index (χ0v) is 8.46. The molecule has 0 aliphatic rings. The standard InChI is InChI=1S/C8H7ClF3N.ClH/c9-4-2-1-3-5(10)6(4)7(13)8(11)12;/h1-3,7-8H,13H2;1H/t7-;/m1./s1. The van der Waals surface area contributed by atoms with Crippen molar-refractivity contribution in [3.63, 3.8) is 0 Å². The fraction of sp³-hybridized carbons (Fsp3) is 0.250. The van der Waals surface area contributed by atoms with Crippen molar-refractivity contribution in [2.75, 3.05) is 0 Å². The van der Waals surface area contributed by atoms with Crippen LogP contribution < -0.4 is 5.73 Å². The van der Waals surface area contributed by atoms with Gasteiger partial charge < -0.3 is 5.73 Å². The highest BCUT2D eigenvalue weighted by atomic mass is 35.5. The number of halogens is 5. The third kappa shape index (κ3) is 2.77. The summed E-state index contributed by atoms with van der Waals surface area (Å²) in [6.45, 7) is 0. The van der Waals surface area contributed by atoms with E-state index in [0.717, 1.165) is 6.07 Å². The summed E-state index contributed by atoms with van der Waals surface area (Å²) in [7, 11) is 0. The van der Waals surface area contributed by atoms with E-state index in [0.29, 0.717) is 0 Å². The second kappa shape index (κ2) is 5.44.